The van der Waals surface area contributed by atoms with E-state index in [1.807, 2.05) is 42.5 Å². The fourth-order valence-corrected chi connectivity index (χ4v) is 2.56. The fraction of sp³-hybridized carbons (Fsp3) is 0.250. The van der Waals surface area contributed by atoms with E-state index < -0.39 is 5.91 Å². The minimum absolute atomic E-state index is 0.172. The molecule has 2 aromatic rings. The van der Waals surface area contributed by atoms with Crippen LogP contribution in [-0.4, -0.2) is 27.2 Å². The molecule has 0 bridgehead atoms. The Morgan fingerprint density at radius 1 is 1.04 bits per heavy atom. The Morgan fingerprint density at radius 3 is 2.46 bits per heavy atom. The third kappa shape index (κ3) is 6.27. The predicted molar refractivity (Wildman–Crippen MR) is 92.3 cm³/mol. The first-order chi connectivity index (χ1) is 11.7. The predicted octanol–water partition coefficient (Wildman–Crippen LogP) is 2.71. The Bertz CT molecular complexity index is 700. The van der Waals surface area contributed by atoms with Crippen molar-refractivity contribution in [2.24, 2.45) is 0 Å². The second kappa shape index (κ2) is 9.53. The second-order valence-electron chi connectivity index (χ2n) is 4.98. The van der Waals surface area contributed by atoms with E-state index in [-0.39, 0.29) is 18.7 Å². The summed E-state index contributed by atoms with van der Waals surface area (Å²) in [7, 11) is 0. The van der Waals surface area contributed by atoms with Gasteiger partial charge in [0, 0.05) is 12.8 Å². The second-order valence-corrected chi connectivity index (χ2v) is 5.99. The molecule has 0 aliphatic heterocycles. The molecule has 24 heavy (non-hydrogen) atoms. The first-order valence-corrected chi connectivity index (χ1v) is 8.28. The van der Waals surface area contributed by atoms with E-state index in [4.69, 9.17) is 5.21 Å². The minimum atomic E-state index is -0.450. The van der Waals surface area contributed by atoms with Crippen molar-refractivity contribution in [2.45, 2.75) is 25.7 Å². The third-order valence-electron chi connectivity index (χ3n) is 3.09. The van der Waals surface area contributed by atoms with Gasteiger partial charge in [-0.1, -0.05) is 47.7 Å². The lowest BCUT2D eigenvalue weighted by Gasteiger charge is -2.00. The summed E-state index contributed by atoms with van der Waals surface area (Å²) >= 11 is 1.29. The smallest absolute Gasteiger partial charge is 0.243 e. The number of hydrogen-bond acceptors (Lipinski definition) is 6. The molecule has 8 heteroatoms. The van der Waals surface area contributed by atoms with Crippen LogP contribution >= 0.6 is 11.3 Å². The van der Waals surface area contributed by atoms with Gasteiger partial charge in [0.05, 0.1) is 0 Å². The van der Waals surface area contributed by atoms with Crippen LogP contribution in [0.25, 0.3) is 12.2 Å². The molecule has 1 aromatic carbocycles. The summed E-state index contributed by atoms with van der Waals surface area (Å²) in [6.07, 6.45) is 5.33. The number of benzene rings is 1. The van der Waals surface area contributed by atoms with Crippen molar-refractivity contribution < 1.29 is 14.8 Å². The Hall–Kier alpha value is -2.58. The standard InChI is InChI=1S/C16H18N4O3S/c21-13(8-4-5-9-14(22)20-23)17-16-19-18-15(24-16)11-10-12-6-2-1-3-7-12/h1-3,6-7,10-11,23H,4-5,8-9H2,(H,20,22)(H,17,19,21)/b11-10+. The topological polar surface area (TPSA) is 104 Å². The largest absolute Gasteiger partial charge is 0.301 e. The van der Waals surface area contributed by atoms with Crippen molar-refractivity contribution in [3.8, 4) is 0 Å². The molecular formula is C16H18N4O3S. The molecule has 2 rings (SSSR count). The van der Waals surface area contributed by atoms with Crippen LogP contribution < -0.4 is 10.8 Å². The molecule has 0 radical (unpaired) electrons. The maximum absolute atomic E-state index is 11.8. The van der Waals surface area contributed by atoms with Gasteiger partial charge in [0.25, 0.3) is 0 Å². The average Bonchev–Trinajstić information content (AvgIpc) is 3.05. The van der Waals surface area contributed by atoms with Crippen LogP contribution in [0.15, 0.2) is 30.3 Å². The lowest BCUT2D eigenvalue weighted by Crippen LogP contribution is -2.18. The van der Waals surface area contributed by atoms with Crippen LogP contribution in [0.5, 0.6) is 0 Å². The number of aromatic nitrogens is 2. The van der Waals surface area contributed by atoms with E-state index in [0.717, 1.165) is 5.56 Å². The van der Waals surface area contributed by atoms with Crippen molar-refractivity contribution in [3.63, 3.8) is 0 Å². The zero-order valence-electron chi connectivity index (χ0n) is 12.9. The molecule has 0 aliphatic rings. The van der Waals surface area contributed by atoms with Gasteiger partial charge in [-0.05, 0) is 24.5 Å². The van der Waals surface area contributed by atoms with Crippen molar-refractivity contribution in [1.82, 2.24) is 15.7 Å². The molecule has 0 aliphatic carbocycles. The summed E-state index contributed by atoms with van der Waals surface area (Å²) in [4.78, 5) is 22.6. The molecule has 1 heterocycles. The van der Waals surface area contributed by atoms with E-state index in [9.17, 15) is 9.59 Å². The van der Waals surface area contributed by atoms with Crippen molar-refractivity contribution >= 4 is 40.4 Å². The quantitative estimate of drug-likeness (QED) is 0.387. The highest BCUT2D eigenvalue weighted by molar-refractivity contribution is 7.16. The van der Waals surface area contributed by atoms with Gasteiger partial charge in [-0.2, -0.15) is 0 Å². The van der Waals surface area contributed by atoms with Gasteiger partial charge >= 0.3 is 0 Å². The van der Waals surface area contributed by atoms with E-state index in [1.54, 1.807) is 5.48 Å². The first-order valence-electron chi connectivity index (χ1n) is 7.47. The monoisotopic (exact) mass is 346 g/mol. The summed E-state index contributed by atoms with van der Waals surface area (Å²) < 4.78 is 0. The molecule has 0 saturated heterocycles. The highest BCUT2D eigenvalue weighted by atomic mass is 32.1. The number of carbonyl (C=O) groups is 2. The van der Waals surface area contributed by atoms with E-state index in [1.165, 1.54) is 11.3 Å². The minimum Gasteiger partial charge on any atom is -0.301 e. The lowest BCUT2D eigenvalue weighted by atomic mass is 10.2. The summed E-state index contributed by atoms with van der Waals surface area (Å²) in [5.41, 5.74) is 2.62. The Labute approximate surface area is 143 Å². The zero-order valence-corrected chi connectivity index (χ0v) is 13.8. The highest BCUT2D eigenvalue weighted by Gasteiger charge is 2.07. The van der Waals surface area contributed by atoms with Gasteiger partial charge in [0.15, 0.2) is 0 Å². The molecule has 0 saturated carbocycles. The molecule has 126 valence electrons. The van der Waals surface area contributed by atoms with E-state index in [0.29, 0.717) is 23.0 Å². The van der Waals surface area contributed by atoms with Gasteiger partial charge in [-0.15, -0.1) is 10.2 Å². The SMILES string of the molecule is O=C(CCCCC(=O)Nc1nnc(/C=C/c2ccccc2)s1)NO. The van der Waals surface area contributed by atoms with Crippen molar-refractivity contribution in [1.29, 1.82) is 0 Å². The number of rotatable bonds is 8. The molecule has 0 fully saturated rings. The molecule has 3 N–H and O–H groups in total. The molecule has 0 atom stereocenters. The summed E-state index contributed by atoms with van der Waals surface area (Å²) in [5, 5.41) is 20.1. The average molecular weight is 346 g/mol. The molecule has 7 nitrogen and oxygen atoms in total. The summed E-state index contributed by atoms with van der Waals surface area (Å²) in [6, 6.07) is 9.83. The molecular weight excluding hydrogens is 328 g/mol. The van der Waals surface area contributed by atoms with Gasteiger partial charge in [-0.3, -0.25) is 14.8 Å². The van der Waals surface area contributed by atoms with Gasteiger partial charge < -0.3 is 5.32 Å². The van der Waals surface area contributed by atoms with E-state index in [2.05, 4.69) is 15.5 Å². The normalized spacial score (nSPS) is 10.7. The molecule has 0 unspecified atom stereocenters. The number of amides is 2. The number of unbranched alkanes of at least 4 members (excludes halogenated alkanes) is 1. The van der Waals surface area contributed by atoms with E-state index >= 15 is 0 Å². The number of nitrogens with one attached hydrogen (secondary N) is 2. The summed E-state index contributed by atoms with van der Waals surface area (Å²) in [5.74, 6) is -0.622. The third-order valence-corrected chi connectivity index (χ3v) is 3.89. The molecule has 1 aromatic heterocycles. The number of carbonyl (C=O) groups excluding carboxylic acids is 2. The van der Waals surface area contributed by atoms with Gasteiger partial charge in [0.2, 0.25) is 16.9 Å². The lowest BCUT2D eigenvalue weighted by molar-refractivity contribution is -0.129. The maximum Gasteiger partial charge on any atom is 0.243 e. The maximum atomic E-state index is 11.8. The summed E-state index contributed by atoms with van der Waals surface area (Å²) in [6.45, 7) is 0. The van der Waals surface area contributed by atoms with Crippen LogP contribution in [0.3, 0.4) is 0 Å². The number of hydrogen-bond donors (Lipinski definition) is 3. The number of nitrogens with zero attached hydrogens (tertiary/aromatic N) is 2. The van der Waals surface area contributed by atoms with Crippen molar-refractivity contribution in [3.05, 3.63) is 40.9 Å². The Morgan fingerprint density at radius 2 is 1.75 bits per heavy atom. The van der Waals surface area contributed by atoms with Crippen LogP contribution in [0.1, 0.15) is 36.3 Å². The molecule has 2 amide bonds. The zero-order chi connectivity index (χ0) is 17.2. The Balaban J connectivity index is 1.75. The highest BCUT2D eigenvalue weighted by Crippen LogP contribution is 2.18. The number of anilines is 1. The van der Waals surface area contributed by atoms with Crippen LogP contribution in [0.2, 0.25) is 0 Å². The fourth-order valence-electron chi connectivity index (χ4n) is 1.89. The number of hydroxylamine groups is 1. The van der Waals surface area contributed by atoms with Gasteiger partial charge in [0.1, 0.15) is 5.01 Å². The van der Waals surface area contributed by atoms with Gasteiger partial charge in [-0.25, -0.2) is 5.48 Å². The van der Waals surface area contributed by atoms with Crippen LogP contribution in [-0.2, 0) is 9.59 Å². The van der Waals surface area contributed by atoms with Crippen LogP contribution in [0, 0.1) is 0 Å². The van der Waals surface area contributed by atoms with Crippen LogP contribution in [0.4, 0.5) is 5.13 Å². The Kier molecular flexibility index (Phi) is 7.06. The first kappa shape index (κ1) is 17.8. The van der Waals surface area contributed by atoms with Crippen molar-refractivity contribution in [2.75, 3.05) is 5.32 Å². The molecule has 0 spiro atoms.